The smallest absolute Gasteiger partial charge is 0.349 e. The molecule has 2 aromatic heterocycles. The van der Waals surface area contributed by atoms with Gasteiger partial charge in [-0.3, -0.25) is 0 Å². The highest BCUT2D eigenvalue weighted by Crippen LogP contribution is 2.39. The summed E-state index contributed by atoms with van der Waals surface area (Å²) in [6.45, 7) is 0. The monoisotopic (exact) mass is 330 g/mol. The zero-order valence-corrected chi connectivity index (χ0v) is 12.6. The van der Waals surface area contributed by atoms with E-state index in [0.717, 1.165) is 5.56 Å². The van der Waals surface area contributed by atoms with Gasteiger partial charge in [0.25, 0.3) is 0 Å². The summed E-state index contributed by atoms with van der Waals surface area (Å²) in [5.74, 6) is 0.442. The van der Waals surface area contributed by atoms with Crippen molar-refractivity contribution >= 4 is 45.1 Å². The maximum Gasteiger partial charge on any atom is 0.349 e. The third-order valence-corrected chi connectivity index (χ3v) is 4.07. The van der Waals surface area contributed by atoms with Gasteiger partial charge in [0.05, 0.1) is 5.39 Å². The second-order valence-electron chi connectivity index (χ2n) is 4.85. The second kappa shape index (κ2) is 4.90. The molecule has 0 saturated carbocycles. The lowest BCUT2D eigenvalue weighted by Crippen LogP contribution is -1.98. The van der Waals surface area contributed by atoms with Crippen LogP contribution in [-0.4, -0.2) is 0 Å². The van der Waals surface area contributed by atoms with Crippen LogP contribution in [0, 0.1) is 0 Å². The largest absolute Gasteiger partial charge is 0.453 e. The van der Waals surface area contributed by atoms with Crippen molar-refractivity contribution in [3.05, 3.63) is 69.0 Å². The molecule has 0 aliphatic rings. The van der Waals surface area contributed by atoms with E-state index in [1.54, 1.807) is 18.2 Å². The standard InChI is InChI=1S/C17H8Cl2O3/c18-10-6-7-12-11(8-10)16-13(17(20)21-12)14(19)15(22-16)9-4-2-1-3-5-9/h1-8H. The molecule has 0 amide bonds. The molecular formula is C17H8Cl2O3. The Balaban J connectivity index is 2.17. The normalized spacial score (nSPS) is 11.4. The highest BCUT2D eigenvalue weighted by Gasteiger charge is 2.20. The van der Waals surface area contributed by atoms with Gasteiger partial charge in [0.2, 0.25) is 0 Å². The van der Waals surface area contributed by atoms with Crippen LogP contribution in [0.4, 0.5) is 0 Å². The first kappa shape index (κ1) is 13.4. The molecule has 0 saturated heterocycles. The fraction of sp³-hybridized carbons (Fsp3) is 0. The predicted octanol–water partition coefficient (Wildman–Crippen LogP) is 5.51. The van der Waals surface area contributed by atoms with E-state index in [9.17, 15) is 4.79 Å². The summed E-state index contributed by atoms with van der Waals surface area (Å²) in [5.41, 5.74) is 1.06. The van der Waals surface area contributed by atoms with Crippen molar-refractivity contribution in [1.82, 2.24) is 0 Å². The zero-order chi connectivity index (χ0) is 15.3. The minimum atomic E-state index is -0.527. The lowest BCUT2D eigenvalue weighted by Gasteiger charge is -1.98. The molecule has 0 unspecified atom stereocenters. The molecule has 22 heavy (non-hydrogen) atoms. The van der Waals surface area contributed by atoms with E-state index < -0.39 is 5.63 Å². The molecule has 4 aromatic rings. The molecule has 0 bridgehead atoms. The number of furan rings is 1. The minimum Gasteiger partial charge on any atom is -0.453 e. The van der Waals surface area contributed by atoms with E-state index in [4.69, 9.17) is 32.0 Å². The number of hydrogen-bond donors (Lipinski definition) is 0. The topological polar surface area (TPSA) is 43.4 Å². The zero-order valence-electron chi connectivity index (χ0n) is 11.1. The van der Waals surface area contributed by atoms with Gasteiger partial charge in [0, 0.05) is 10.6 Å². The first-order chi connectivity index (χ1) is 10.6. The Bertz CT molecular complexity index is 1060. The number of rotatable bonds is 1. The summed E-state index contributed by atoms with van der Waals surface area (Å²) < 4.78 is 11.2. The molecule has 2 aromatic carbocycles. The molecule has 4 rings (SSSR count). The highest BCUT2D eigenvalue weighted by atomic mass is 35.5. The summed E-state index contributed by atoms with van der Waals surface area (Å²) in [6.07, 6.45) is 0. The van der Waals surface area contributed by atoms with Gasteiger partial charge in [-0.15, -0.1) is 0 Å². The van der Waals surface area contributed by atoms with E-state index in [2.05, 4.69) is 0 Å². The SMILES string of the molecule is O=c1oc2ccc(Cl)cc2c2oc(-c3ccccc3)c(Cl)c12. The van der Waals surface area contributed by atoms with Crippen LogP contribution in [0.25, 0.3) is 33.3 Å². The molecule has 5 heteroatoms. The van der Waals surface area contributed by atoms with Crippen molar-refractivity contribution in [3.63, 3.8) is 0 Å². The third kappa shape index (κ3) is 1.94. The number of fused-ring (bicyclic) bond motifs is 3. The van der Waals surface area contributed by atoms with E-state index in [1.165, 1.54) is 0 Å². The van der Waals surface area contributed by atoms with Crippen LogP contribution in [0.15, 0.2) is 62.2 Å². The lowest BCUT2D eigenvalue weighted by molar-refractivity contribution is 0.565. The van der Waals surface area contributed by atoms with E-state index in [0.29, 0.717) is 27.3 Å². The van der Waals surface area contributed by atoms with Crippen molar-refractivity contribution in [2.75, 3.05) is 0 Å². The third-order valence-electron chi connectivity index (χ3n) is 3.48. The van der Waals surface area contributed by atoms with Gasteiger partial charge in [-0.1, -0.05) is 53.5 Å². The second-order valence-corrected chi connectivity index (χ2v) is 5.66. The quantitative estimate of drug-likeness (QED) is 0.432. The van der Waals surface area contributed by atoms with E-state index in [-0.39, 0.29) is 10.4 Å². The fourth-order valence-electron chi connectivity index (χ4n) is 2.48. The summed E-state index contributed by atoms with van der Waals surface area (Å²) in [4.78, 5) is 12.2. The van der Waals surface area contributed by atoms with Crippen molar-refractivity contribution in [2.24, 2.45) is 0 Å². The van der Waals surface area contributed by atoms with Crippen LogP contribution in [-0.2, 0) is 0 Å². The molecule has 0 aliphatic heterocycles. The summed E-state index contributed by atoms with van der Waals surface area (Å²) in [7, 11) is 0. The Morgan fingerprint density at radius 3 is 2.45 bits per heavy atom. The average Bonchev–Trinajstić information content (AvgIpc) is 2.88. The Kier molecular flexibility index (Phi) is 2.99. The van der Waals surface area contributed by atoms with Crippen LogP contribution >= 0.6 is 23.2 Å². The van der Waals surface area contributed by atoms with Gasteiger partial charge in [0.15, 0.2) is 11.3 Å². The molecule has 0 fully saturated rings. The molecule has 0 radical (unpaired) electrons. The van der Waals surface area contributed by atoms with Crippen LogP contribution in [0.1, 0.15) is 0 Å². The number of benzene rings is 2. The summed E-state index contributed by atoms with van der Waals surface area (Å²) in [6, 6.07) is 14.3. The van der Waals surface area contributed by atoms with Crippen molar-refractivity contribution < 1.29 is 8.83 Å². The van der Waals surface area contributed by atoms with Gasteiger partial charge in [-0.25, -0.2) is 4.79 Å². The maximum atomic E-state index is 12.2. The Morgan fingerprint density at radius 2 is 1.68 bits per heavy atom. The van der Waals surface area contributed by atoms with Crippen LogP contribution in [0.2, 0.25) is 10.0 Å². The molecule has 108 valence electrons. The van der Waals surface area contributed by atoms with Crippen molar-refractivity contribution in [2.45, 2.75) is 0 Å². The van der Waals surface area contributed by atoms with Gasteiger partial charge in [-0.05, 0) is 18.2 Å². The molecule has 2 heterocycles. The number of hydrogen-bond acceptors (Lipinski definition) is 3. The molecule has 0 atom stereocenters. The molecule has 0 N–H and O–H groups in total. The summed E-state index contributed by atoms with van der Waals surface area (Å²) >= 11 is 12.4. The Labute approximate surface area is 134 Å². The van der Waals surface area contributed by atoms with E-state index in [1.807, 2.05) is 30.3 Å². The molecule has 3 nitrogen and oxygen atoms in total. The van der Waals surface area contributed by atoms with Gasteiger partial charge >= 0.3 is 5.63 Å². The molecule has 0 spiro atoms. The fourth-order valence-corrected chi connectivity index (χ4v) is 2.96. The van der Waals surface area contributed by atoms with Crippen molar-refractivity contribution in [3.8, 4) is 11.3 Å². The Morgan fingerprint density at radius 1 is 0.909 bits per heavy atom. The van der Waals surface area contributed by atoms with E-state index >= 15 is 0 Å². The highest BCUT2D eigenvalue weighted by molar-refractivity contribution is 6.38. The average molecular weight is 331 g/mol. The van der Waals surface area contributed by atoms with Crippen molar-refractivity contribution in [1.29, 1.82) is 0 Å². The van der Waals surface area contributed by atoms with Crippen LogP contribution in [0.5, 0.6) is 0 Å². The maximum absolute atomic E-state index is 12.2. The predicted molar refractivity (Wildman–Crippen MR) is 87.7 cm³/mol. The van der Waals surface area contributed by atoms with Gasteiger partial charge in [0.1, 0.15) is 16.0 Å². The van der Waals surface area contributed by atoms with Crippen LogP contribution in [0.3, 0.4) is 0 Å². The van der Waals surface area contributed by atoms with Gasteiger partial charge < -0.3 is 8.83 Å². The molecular weight excluding hydrogens is 323 g/mol. The Hall–Kier alpha value is -2.23. The summed E-state index contributed by atoms with van der Waals surface area (Å²) in [5, 5.41) is 1.62. The minimum absolute atomic E-state index is 0.232. The van der Waals surface area contributed by atoms with Crippen LogP contribution < -0.4 is 5.63 Å². The first-order valence-corrected chi connectivity index (χ1v) is 7.30. The number of halogens is 2. The lowest BCUT2D eigenvalue weighted by atomic mass is 10.1. The molecule has 0 aliphatic carbocycles. The first-order valence-electron chi connectivity index (χ1n) is 6.55. The van der Waals surface area contributed by atoms with Gasteiger partial charge in [-0.2, -0.15) is 0 Å².